The molecule has 0 radical (unpaired) electrons. The topological polar surface area (TPSA) is 60.6 Å². The second-order valence-corrected chi connectivity index (χ2v) is 4.27. The van der Waals surface area contributed by atoms with Crippen LogP contribution in [0.2, 0.25) is 0 Å². The molecule has 5 nitrogen and oxygen atoms in total. The van der Waals surface area contributed by atoms with Gasteiger partial charge in [0.15, 0.2) is 0 Å². The number of nitrogens with zero attached hydrogens (tertiary/aromatic N) is 3. The summed E-state index contributed by atoms with van der Waals surface area (Å²) in [7, 11) is 0. The van der Waals surface area contributed by atoms with Crippen LogP contribution >= 0.6 is 0 Å². The maximum atomic E-state index is 4.25. The van der Waals surface area contributed by atoms with E-state index in [1.807, 2.05) is 12.4 Å². The summed E-state index contributed by atoms with van der Waals surface area (Å²) >= 11 is 0. The van der Waals surface area contributed by atoms with E-state index in [0.717, 1.165) is 25.5 Å². The number of hydrogen-bond acceptors (Lipinski definition) is 3. The van der Waals surface area contributed by atoms with E-state index in [9.17, 15) is 0 Å². The second-order valence-electron chi connectivity index (χ2n) is 4.27. The Labute approximate surface area is 93.9 Å². The van der Waals surface area contributed by atoms with Gasteiger partial charge in [-0.3, -0.25) is 10.00 Å². The predicted octanol–water partition coefficient (Wildman–Crippen LogP) is 1.12. The summed E-state index contributed by atoms with van der Waals surface area (Å²) in [5.41, 5.74) is 1.25. The first-order valence-electron chi connectivity index (χ1n) is 5.62. The van der Waals surface area contributed by atoms with Crippen molar-refractivity contribution in [1.82, 2.24) is 25.1 Å². The molecule has 16 heavy (non-hydrogen) atoms. The minimum Gasteiger partial charge on any atom is -0.348 e. The van der Waals surface area contributed by atoms with E-state index in [0.29, 0.717) is 5.92 Å². The van der Waals surface area contributed by atoms with Crippen LogP contribution in [0.15, 0.2) is 24.7 Å². The highest BCUT2D eigenvalue weighted by Gasteiger charge is 2.24. The number of H-pyrrole nitrogens is 2. The summed E-state index contributed by atoms with van der Waals surface area (Å²) in [5.74, 6) is 1.64. The van der Waals surface area contributed by atoms with Crippen molar-refractivity contribution in [3.8, 4) is 0 Å². The van der Waals surface area contributed by atoms with E-state index in [1.54, 1.807) is 6.20 Å². The molecular weight excluding hydrogens is 202 g/mol. The van der Waals surface area contributed by atoms with Crippen molar-refractivity contribution in [2.45, 2.75) is 18.9 Å². The Bertz CT molecular complexity index is 419. The standard InChI is InChI=1S/C11H15N5/c1-3-14-15-10(1)9-2-6-16(7-9)8-11-12-4-5-13-11/h1,3-5,9H,2,6-8H2,(H,12,13)(H,14,15)/t9-/m0/s1. The molecule has 1 fully saturated rings. The van der Waals surface area contributed by atoms with Crippen molar-refractivity contribution < 1.29 is 0 Å². The van der Waals surface area contributed by atoms with Gasteiger partial charge in [0, 0.05) is 36.7 Å². The van der Waals surface area contributed by atoms with Crippen LogP contribution in [-0.2, 0) is 6.54 Å². The Morgan fingerprint density at radius 3 is 3.19 bits per heavy atom. The molecule has 1 aliphatic heterocycles. The smallest absolute Gasteiger partial charge is 0.120 e. The average molecular weight is 217 g/mol. The lowest BCUT2D eigenvalue weighted by Crippen LogP contribution is -2.20. The molecule has 0 aromatic carbocycles. The number of rotatable bonds is 3. The third kappa shape index (κ3) is 1.86. The highest BCUT2D eigenvalue weighted by Crippen LogP contribution is 2.25. The van der Waals surface area contributed by atoms with Crippen LogP contribution < -0.4 is 0 Å². The maximum absolute atomic E-state index is 4.25. The maximum Gasteiger partial charge on any atom is 0.120 e. The van der Waals surface area contributed by atoms with E-state index in [-0.39, 0.29) is 0 Å². The van der Waals surface area contributed by atoms with Crippen LogP contribution in [0.1, 0.15) is 23.9 Å². The van der Waals surface area contributed by atoms with E-state index < -0.39 is 0 Å². The fraction of sp³-hybridized carbons (Fsp3) is 0.455. The molecular formula is C11H15N5. The van der Waals surface area contributed by atoms with Crippen molar-refractivity contribution in [2.75, 3.05) is 13.1 Å². The molecule has 0 bridgehead atoms. The van der Waals surface area contributed by atoms with Crippen molar-refractivity contribution in [1.29, 1.82) is 0 Å². The Balaban J connectivity index is 1.61. The lowest BCUT2D eigenvalue weighted by Gasteiger charge is -2.13. The predicted molar refractivity (Wildman–Crippen MR) is 59.8 cm³/mol. The van der Waals surface area contributed by atoms with Crippen molar-refractivity contribution in [3.63, 3.8) is 0 Å². The number of imidazole rings is 1. The van der Waals surface area contributed by atoms with Gasteiger partial charge < -0.3 is 4.98 Å². The Morgan fingerprint density at radius 2 is 2.44 bits per heavy atom. The number of nitrogens with one attached hydrogen (secondary N) is 2. The molecule has 84 valence electrons. The third-order valence-corrected chi connectivity index (χ3v) is 3.16. The molecule has 3 rings (SSSR count). The number of aromatic nitrogens is 4. The second kappa shape index (κ2) is 4.09. The summed E-state index contributed by atoms with van der Waals surface area (Å²) in [6.45, 7) is 3.13. The first-order valence-corrected chi connectivity index (χ1v) is 5.62. The summed E-state index contributed by atoms with van der Waals surface area (Å²) in [5, 5.41) is 7.06. The minimum absolute atomic E-state index is 0.595. The van der Waals surface area contributed by atoms with Crippen LogP contribution in [0.5, 0.6) is 0 Å². The Morgan fingerprint density at radius 1 is 1.44 bits per heavy atom. The number of hydrogen-bond donors (Lipinski definition) is 2. The van der Waals surface area contributed by atoms with E-state index in [2.05, 4.69) is 31.1 Å². The first-order chi connectivity index (χ1) is 7.92. The minimum atomic E-state index is 0.595. The van der Waals surface area contributed by atoms with Crippen LogP contribution in [-0.4, -0.2) is 38.2 Å². The molecule has 3 heterocycles. The largest absolute Gasteiger partial charge is 0.348 e. The van der Waals surface area contributed by atoms with Gasteiger partial charge in [-0.25, -0.2) is 4.98 Å². The van der Waals surface area contributed by atoms with E-state index in [1.165, 1.54) is 12.1 Å². The zero-order valence-corrected chi connectivity index (χ0v) is 9.06. The molecule has 0 spiro atoms. The summed E-state index contributed by atoms with van der Waals surface area (Å²) in [4.78, 5) is 9.81. The molecule has 0 amide bonds. The van der Waals surface area contributed by atoms with Crippen molar-refractivity contribution in [2.24, 2.45) is 0 Å². The van der Waals surface area contributed by atoms with Gasteiger partial charge in [0.25, 0.3) is 0 Å². The third-order valence-electron chi connectivity index (χ3n) is 3.16. The molecule has 2 aromatic rings. The van der Waals surface area contributed by atoms with Crippen LogP contribution in [0.4, 0.5) is 0 Å². The summed E-state index contributed by atoms with van der Waals surface area (Å²) < 4.78 is 0. The van der Waals surface area contributed by atoms with E-state index >= 15 is 0 Å². The van der Waals surface area contributed by atoms with Crippen molar-refractivity contribution in [3.05, 3.63) is 36.2 Å². The van der Waals surface area contributed by atoms with Crippen LogP contribution in [0.3, 0.4) is 0 Å². The fourth-order valence-corrected chi connectivity index (χ4v) is 2.32. The van der Waals surface area contributed by atoms with E-state index in [4.69, 9.17) is 0 Å². The molecule has 2 aromatic heterocycles. The number of likely N-dealkylation sites (tertiary alicyclic amines) is 1. The van der Waals surface area contributed by atoms with Gasteiger partial charge >= 0.3 is 0 Å². The highest BCUT2D eigenvalue weighted by atomic mass is 15.2. The molecule has 1 aliphatic rings. The summed E-state index contributed by atoms with van der Waals surface area (Å²) in [6.07, 6.45) is 6.70. The fourth-order valence-electron chi connectivity index (χ4n) is 2.32. The molecule has 0 aliphatic carbocycles. The molecule has 5 heteroatoms. The zero-order valence-electron chi connectivity index (χ0n) is 9.06. The monoisotopic (exact) mass is 217 g/mol. The number of aromatic amines is 2. The molecule has 2 N–H and O–H groups in total. The van der Waals surface area contributed by atoms with Crippen LogP contribution in [0, 0.1) is 0 Å². The van der Waals surface area contributed by atoms with Gasteiger partial charge in [-0.1, -0.05) is 0 Å². The Kier molecular flexibility index (Phi) is 2.46. The van der Waals surface area contributed by atoms with Gasteiger partial charge in [-0.05, 0) is 19.0 Å². The normalized spacial score (nSPS) is 21.6. The van der Waals surface area contributed by atoms with Gasteiger partial charge in [0.1, 0.15) is 5.82 Å². The summed E-state index contributed by atoms with van der Waals surface area (Å²) in [6, 6.07) is 2.07. The molecule has 0 unspecified atom stereocenters. The van der Waals surface area contributed by atoms with Gasteiger partial charge in [0.05, 0.1) is 6.54 Å². The van der Waals surface area contributed by atoms with Crippen LogP contribution in [0.25, 0.3) is 0 Å². The Hall–Kier alpha value is -1.62. The molecule has 1 atom stereocenters. The highest BCUT2D eigenvalue weighted by molar-refractivity contribution is 5.08. The lowest BCUT2D eigenvalue weighted by molar-refractivity contribution is 0.318. The molecule has 1 saturated heterocycles. The van der Waals surface area contributed by atoms with Gasteiger partial charge in [-0.15, -0.1) is 0 Å². The van der Waals surface area contributed by atoms with Crippen molar-refractivity contribution >= 4 is 0 Å². The average Bonchev–Trinajstić information content (AvgIpc) is 2.99. The van der Waals surface area contributed by atoms with Gasteiger partial charge in [0.2, 0.25) is 0 Å². The quantitative estimate of drug-likeness (QED) is 0.810. The lowest BCUT2D eigenvalue weighted by atomic mass is 10.1. The zero-order chi connectivity index (χ0) is 10.8. The SMILES string of the molecule is c1cc([C@H]2CCN(Cc3ncc[nH]3)C2)[nH]n1. The first kappa shape index (κ1) is 9.59. The molecule has 0 saturated carbocycles. The van der Waals surface area contributed by atoms with Gasteiger partial charge in [-0.2, -0.15) is 5.10 Å².